The van der Waals surface area contributed by atoms with Crippen LogP contribution in [0.4, 0.5) is 0 Å². The first-order chi connectivity index (χ1) is 9.51. The van der Waals surface area contributed by atoms with Gasteiger partial charge >= 0.3 is 5.97 Å². The highest BCUT2D eigenvalue weighted by molar-refractivity contribution is 6.29. The molecule has 2 heterocycles. The van der Waals surface area contributed by atoms with Crippen molar-refractivity contribution in [1.82, 2.24) is 9.88 Å². The molecule has 0 bridgehead atoms. The van der Waals surface area contributed by atoms with E-state index in [0.717, 1.165) is 18.5 Å². The highest BCUT2D eigenvalue weighted by Crippen LogP contribution is 2.23. The number of aliphatic carboxylic acids is 1. The van der Waals surface area contributed by atoms with Crippen LogP contribution in [-0.4, -0.2) is 39.5 Å². The molecule has 108 valence electrons. The summed E-state index contributed by atoms with van der Waals surface area (Å²) in [6.45, 7) is 2.54. The molecule has 1 unspecified atom stereocenters. The number of carbonyl (C=O) groups is 2. The van der Waals surface area contributed by atoms with Crippen LogP contribution in [0.1, 0.15) is 42.2 Å². The minimum atomic E-state index is -0.878. The molecule has 1 aromatic heterocycles. The molecule has 1 atom stereocenters. The summed E-state index contributed by atoms with van der Waals surface area (Å²) < 4.78 is 0. The largest absolute Gasteiger partial charge is 0.481 e. The lowest BCUT2D eigenvalue weighted by atomic mass is 10.1. The number of halogens is 1. The van der Waals surface area contributed by atoms with Crippen LogP contribution in [0.5, 0.6) is 0 Å². The van der Waals surface area contributed by atoms with Gasteiger partial charge in [0.25, 0.3) is 5.91 Å². The van der Waals surface area contributed by atoms with Gasteiger partial charge in [0.05, 0.1) is 6.42 Å². The zero-order valence-corrected chi connectivity index (χ0v) is 12.1. The number of nitrogens with zero attached hydrogens (tertiary/aromatic N) is 2. The third-order valence-corrected chi connectivity index (χ3v) is 3.70. The molecule has 1 aliphatic rings. The predicted octanol–water partition coefficient (Wildman–Crippen LogP) is 2.38. The Morgan fingerprint density at radius 1 is 1.50 bits per heavy atom. The van der Waals surface area contributed by atoms with Crippen LogP contribution in [0.2, 0.25) is 5.15 Å². The Balaban J connectivity index is 2.21. The van der Waals surface area contributed by atoms with Gasteiger partial charge in [0.2, 0.25) is 0 Å². The number of hydrogen-bond donors (Lipinski definition) is 1. The molecule has 1 saturated heterocycles. The molecular formula is C14H17ClN2O3. The normalized spacial score (nSPS) is 18.3. The highest BCUT2D eigenvalue weighted by Gasteiger charge is 2.31. The lowest BCUT2D eigenvalue weighted by Crippen LogP contribution is -2.36. The van der Waals surface area contributed by atoms with Crippen molar-refractivity contribution in [2.24, 2.45) is 0 Å². The molecule has 1 aromatic rings. The van der Waals surface area contributed by atoms with Crippen LogP contribution in [0.3, 0.4) is 0 Å². The van der Waals surface area contributed by atoms with Crippen LogP contribution >= 0.6 is 11.6 Å². The van der Waals surface area contributed by atoms with Crippen LogP contribution in [0, 0.1) is 0 Å². The fraction of sp³-hybridized carbons (Fsp3) is 0.500. The first kappa shape index (κ1) is 14.8. The summed E-state index contributed by atoms with van der Waals surface area (Å²) in [7, 11) is 0. The smallest absolute Gasteiger partial charge is 0.305 e. The van der Waals surface area contributed by atoms with Crippen molar-refractivity contribution in [3.05, 3.63) is 28.5 Å². The Morgan fingerprint density at radius 2 is 2.25 bits per heavy atom. The Morgan fingerprint density at radius 3 is 2.90 bits per heavy atom. The minimum Gasteiger partial charge on any atom is -0.481 e. The summed E-state index contributed by atoms with van der Waals surface area (Å²) in [5.41, 5.74) is 1.24. The quantitative estimate of drug-likeness (QED) is 0.866. The monoisotopic (exact) mass is 296 g/mol. The van der Waals surface area contributed by atoms with Gasteiger partial charge in [0.1, 0.15) is 5.15 Å². The fourth-order valence-corrected chi connectivity index (χ4v) is 2.76. The van der Waals surface area contributed by atoms with Gasteiger partial charge in [-0.1, -0.05) is 18.5 Å². The number of aromatic nitrogens is 1. The summed E-state index contributed by atoms with van der Waals surface area (Å²) in [4.78, 5) is 29.1. The molecule has 1 aliphatic heterocycles. The highest BCUT2D eigenvalue weighted by atomic mass is 35.5. The van der Waals surface area contributed by atoms with Crippen molar-refractivity contribution in [2.45, 2.75) is 38.6 Å². The number of likely N-dealkylation sites (tertiary alicyclic amines) is 1. The molecule has 0 spiro atoms. The van der Waals surface area contributed by atoms with Gasteiger partial charge in [-0.15, -0.1) is 0 Å². The Bertz CT molecular complexity index is 533. The van der Waals surface area contributed by atoms with E-state index in [-0.39, 0.29) is 18.4 Å². The Hall–Kier alpha value is -1.62. The van der Waals surface area contributed by atoms with Crippen molar-refractivity contribution in [3.63, 3.8) is 0 Å². The van der Waals surface area contributed by atoms with Crippen LogP contribution in [-0.2, 0) is 11.2 Å². The Kier molecular flexibility index (Phi) is 4.60. The zero-order valence-electron chi connectivity index (χ0n) is 11.3. The summed E-state index contributed by atoms with van der Waals surface area (Å²) in [5.74, 6) is -1.04. The van der Waals surface area contributed by atoms with Crippen LogP contribution < -0.4 is 0 Å². The van der Waals surface area contributed by atoms with Crippen molar-refractivity contribution in [2.75, 3.05) is 6.54 Å². The predicted molar refractivity (Wildman–Crippen MR) is 74.9 cm³/mol. The van der Waals surface area contributed by atoms with E-state index in [1.807, 2.05) is 6.92 Å². The molecule has 0 aliphatic carbocycles. The molecule has 0 radical (unpaired) electrons. The maximum Gasteiger partial charge on any atom is 0.305 e. The van der Waals surface area contributed by atoms with Gasteiger partial charge in [-0.05, 0) is 31.4 Å². The van der Waals surface area contributed by atoms with E-state index < -0.39 is 5.97 Å². The SMILES string of the molecule is CCc1cc(C(=O)N2CCCC2CC(=O)O)cc(Cl)n1. The van der Waals surface area contributed by atoms with Crippen molar-refractivity contribution >= 4 is 23.5 Å². The van der Waals surface area contributed by atoms with E-state index in [4.69, 9.17) is 16.7 Å². The second-order valence-corrected chi connectivity index (χ2v) is 5.30. The number of carboxylic acids is 1. The topological polar surface area (TPSA) is 70.5 Å². The van der Waals surface area contributed by atoms with Gasteiger partial charge in [0.15, 0.2) is 0 Å². The maximum absolute atomic E-state index is 12.5. The molecule has 2 rings (SSSR count). The average Bonchev–Trinajstić information content (AvgIpc) is 2.84. The van der Waals surface area contributed by atoms with E-state index in [1.165, 1.54) is 0 Å². The number of aryl methyl sites for hydroxylation is 1. The van der Waals surface area contributed by atoms with Crippen molar-refractivity contribution < 1.29 is 14.7 Å². The molecule has 20 heavy (non-hydrogen) atoms. The lowest BCUT2D eigenvalue weighted by Gasteiger charge is -2.23. The standard InChI is InChI=1S/C14H17ClN2O3/c1-2-10-6-9(7-12(15)16-10)14(20)17-5-3-4-11(17)8-13(18)19/h6-7,11H,2-5,8H2,1H3,(H,18,19). The fourth-order valence-electron chi connectivity index (χ4n) is 2.54. The molecular weight excluding hydrogens is 280 g/mol. The molecule has 0 saturated carbocycles. The number of amides is 1. The van der Waals surface area contributed by atoms with E-state index in [2.05, 4.69) is 4.98 Å². The molecule has 1 N–H and O–H groups in total. The van der Waals surface area contributed by atoms with Gasteiger partial charge in [0, 0.05) is 23.8 Å². The van der Waals surface area contributed by atoms with E-state index in [0.29, 0.717) is 23.7 Å². The van der Waals surface area contributed by atoms with Gasteiger partial charge in [-0.2, -0.15) is 0 Å². The first-order valence-electron chi connectivity index (χ1n) is 6.70. The van der Waals surface area contributed by atoms with Crippen LogP contribution in [0.15, 0.2) is 12.1 Å². The van der Waals surface area contributed by atoms with Gasteiger partial charge in [-0.25, -0.2) is 4.98 Å². The third kappa shape index (κ3) is 3.28. The second kappa shape index (κ2) is 6.22. The average molecular weight is 297 g/mol. The van der Waals surface area contributed by atoms with Gasteiger partial charge in [-0.3, -0.25) is 9.59 Å². The molecule has 6 heteroatoms. The molecule has 1 amide bonds. The summed E-state index contributed by atoms with van der Waals surface area (Å²) in [6, 6.07) is 3.04. The van der Waals surface area contributed by atoms with E-state index in [9.17, 15) is 9.59 Å². The second-order valence-electron chi connectivity index (χ2n) is 4.92. The van der Waals surface area contributed by atoms with E-state index in [1.54, 1.807) is 17.0 Å². The van der Waals surface area contributed by atoms with Crippen molar-refractivity contribution in [3.8, 4) is 0 Å². The minimum absolute atomic E-state index is 0.00874. The summed E-state index contributed by atoms with van der Waals surface area (Å²) >= 11 is 5.92. The molecule has 1 fully saturated rings. The summed E-state index contributed by atoms with van der Waals surface area (Å²) in [5, 5.41) is 9.19. The lowest BCUT2D eigenvalue weighted by molar-refractivity contribution is -0.137. The first-order valence-corrected chi connectivity index (χ1v) is 7.08. The Labute approximate surface area is 122 Å². The maximum atomic E-state index is 12.5. The van der Waals surface area contributed by atoms with Crippen molar-refractivity contribution in [1.29, 1.82) is 0 Å². The number of hydrogen-bond acceptors (Lipinski definition) is 3. The summed E-state index contributed by atoms with van der Waals surface area (Å²) in [6.07, 6.45) is 2.26. The number of pyridine rings is 1. The molecule has 5 nitrogen and oxygen atoms in total. The third-order valence-electron chi connectivity index (χ3n) is 3.50. The zero-order chi connectivity index (χ0) is 14.7. The van der Waals surface area contributed by atoms with E-state index >= 15 is 0 Å². The van der Waals surface area contributed by atoms with Gasteiger partial charge < -0.3 is 10.0 Å². The number of carboxylic acid groups (broad SMARTS) is 1. The number of carbonyl (C=O) groups excluding carboxylic acids is 1. The number of rotatable bonds is 4. The molecule has 0 aromatic carbocycles. The van der Waals surface area contributed by atoms with Crippen LogP contribution in [0.25, 0.3) is 0 Å².